The molecule has 0 bridgehead atoms. The average Bonchev–Trinajstić information content (AvgIpc) is 0.893. The zero-order chi connectivity index (χ0) is 67.6. The van der Waals surface area contributed by atoms with Gasteiger partial charge in [-0.05, 0) is 99.4 Å². The summed E-state index contributed by atoms with van der Waals surface area (Å²) in [4.78, 5) is 165. The molecule has 0 aliphatic carbocycles. The first kappa shape index (κ1) is 66.0. The minimum atomic E-state index is -1.05. The molecule has 0 saturated heterocycles. The smallest absolute Gasteiger partial charge is 0.410 e. The van der Waals surface area contributed by atoms with Crippen molar-refractivity contribution >= 4 is 92.4 Å². The second kappa shape index (κ2) is 29.6. The highest BCUT2D eigenvalue weighted by Crippen LogP contribution is 2.36. The van der Waals surface area contributed by atoms with E-state index in [0.29, 0.717) is 88.4 Å². The van der Waals surface area contributed by atoms with Gasteiger partial charge in [-0.3, -0.25) is 62.6 Å². The lowest BCUT2D eigenvalue weighted by Crippen LogP contribution is -2.52. The number of unbranched alkanes of at least 4 members (excludes halogenated alkanes) is 2. The number of imide groups is 3. The molecule has 2 aromatic heterocycles. The summed E-state index contributed by atoms with van der Waals surface area (Å²) in [5.74, 6) is -4.57. The average molecular weight is 1300 g/mol. The van der Waals surface area contributed by atoms with Crippen molar-refractivity contribution in [2.45, 2.75) is 64.1 Å². The third-order valence-corrected chi connectivity index (χ3v) is 17.3. The number of hydrogen-bond donors (Lipinski definition) is 3. The van der Waals surface area contributed by atoms with Gasteiger partial charge in [-0.2, -0.15) is 0 Å². The maximum Gasteiger partial charge on any atom is 0.410 e. The number of anilines is 1. The van der Waals surface area contributed by atoms with Gasteiger partial charge in [-0.25, -0.2) is 14.8 Å². The number of rotatable bonds is 29. The number of hydrogen-bond acceptors (Lipinski definition) is 15. The van der Waals surface area contributed by atoms with Crippen LogP contribution in [0.4, 0.5) is 10.5 Å². The van der Waals surface area contributed by atoms with E-state index in [4.69, 9.17) is 4.74 Å². The summed E-state index contributed by atoms with van der Waals surface area (Å²) >= 11 is 0. The standard InChI is InChI=1S/C71H71N13O12/c1-46(74-59(85)19-8-5-9-34-82-60(86)28-29-61(82)87)65(89)76-56(41-47-13-6-4-7-14-47)66(90)75-49-22-20-48(21-23-49)43-96-71(95)78(3)42-62(88)79(38-40-84-68(92)53-18-11-16-51-58(81-36-31-73-45-81)27-25-55(64(51)53)70(84)94)33-12-32-77(2)37-39-83-67(91)52-17-10-15-50-57(80-35-30-72-44-80)26-24-54(63(50)52)69(83)93/h4,6-7,10-11,13-18,20-31,35-36,44-46,56H,5,8-9,12,19,32-34,37-43H2,1-3H3,(H,74,85)(H,75,90)(H,76,89)/t46-,56-/m0/s1. The molecule has 2 atom stereocenters. The van der Waals surface area contributed by atoms with Crippen LogP contribution >= 0.6 is 0 Å². The molecule has 11 rings (SSSR count). The van der Waals surface area contributed by atoms with E-state index in [1.54, 1.807) is 109 Å². The number of imidazole rings is 2. The molecule has 96 heavy (non-hydrogen) atoms. The Morgan fingerprint density at radius 2 is 1.11 bits per heavy atom. The molecule has 25 nitrogen and oxygen atoms in total. The first-order valence-corrected chi connectivity index (χ1v) is 31.6. The van der Waals surface area contributed by atoms with Gasteiger partial charge in [0.05, 0.1) is 24.0 Å². The number of nitrogens with one attached hydrogen (secondary N) is 3. The molecule has 3 aliphatic heterocycles. The number of nitrogens with zero attached hydrogens (tertiary/aromatic N) is 10. The molecule has 0 radical (unpaired) electrons. The Balaban J connectivity index is 0.693. The van der Waals surface area contributed by atoms with E-state index in [9.17, 15) is 52.7 Å². The molecule has 11 amide bonds. The van der Waals surface area contributed by atoms with Gasteiger partial charge in [-0.1, -0.05) is 73.2 Å². The molecule has 0 spiro atoms. The second-order valence-electron chi connectivity index (χ2n) is 23.8. The normalized spacial score (nSPS) is 14.0. The molecule has 492 valence electrons. The molecule has 6 aromatic carbocycles. The quantitative estimate of drug-likeness (QED) is 0.0341. The van der Waals surface area contributed by atoms with Gasteiger partial charge >= 0.3 is 6.09 Å². The number of amides is 11. The Labute approximate surface area is 552 Å². The lowest BCUT2D eigenvalue weighted by molar-refractivity contribution is -0.137. The van der Waals surface area contributed by atoms with Gasteiger partial charge in [0.2, 0.25) is 23.6 Å². The fraction of sp³-hybridized carbons (Fsp3) is 0.282. The molecular formula is C71H71N13O12. The summed E-state index contributed by atoms with van der Waals surface area (Å²) in [5, 5.41) is 10.8. The third-order valence-electron chi connectivity index (χ3n) is 17.3. The van der Waals surface area contributed by atoms with Gasteiger partial charge in [0.25, 0.3) is 35.4 Å². The Hall–Kier alpha value is -11.5. The molecule has 3 aliphatic rings. The highest BCUT2D eigenvalue weighted by molar-refractivity contribution is 6.27. The summed E-state index contributed by atoms with van der Waals surface area (Å²) in [6.45, 7) is 1.80. The first-order chi connectivity index (χ1) is 46.4. The molecule has 0 fully saturated rings. The molecule has 25 heteroatoms. The van der Waals surface area contributed by atoms with Crippen LogP contribution < -0.4 is 16.0 Å². The molecule has 5 heterocycles. The van der Waals surface area contributed by atoms with Crippen molar-refractivity contribution in [2.24, 2.45) is 0 Å². The predicted molar refractivity (Wildman–Crippen MR) is 353 cm³/mol. The van der Waals surface area contributed by atoms with E-state index in [1.807, 2.05) is 65.0 Å². The zero-order valence-electron chi connectivity index (χ0n) is 53.2. The van der Waals surface area contributed by atoms with E-state index < -0.39 is 66.1 Å². The largest absolute Gasteiger partial charge is 0.445 e. The maximum atomic E-state index is 14.4. The van der Waals surface area contributed by atoms with Crippen LogP contribution in [-0.2, 0) is 46.5 Å². The summed E-state index contributed by atoms with van der Waals surface area (Å²) < 4.78 is 9.27. The van der Waals surface area contributed by atoms with Gasteiger partial charge in [0, 0.05) is 146 Å². The van der Waals surface area contributed by atoms with E-state index in [-0.39, 0.29) is 69.9 Å². The van der Waals surface area contributed by atoms with Crippen LogP contribution in [0.5, 0.6) is 0 Å². The van der Waals surface area contributed by atoms with Gasteiger partial charge in [0.15, 0.2) is 0 Å². The van der Waals surface area contributed by atoms with Crippen LogP contribution in [0.2, 0.25) is 0 Å². The lowest BCUT2D eigenvalue weighted by Gasteiger charge is -2.32. The number of carbonyl (C=O) groups excluding carboxylic acids is 11. The highest BCUT2D eigenvalue weighted by atomic mass is 16.6. The number of benzene rings is 6. The second-order valence-corrected chi connectivity index (χ2v) is 23.8. The summed E-state index contributed by atoms with van der Waals surface area (Å²) in [7, 11) is 3.25. The van der Waals surface area contributed by atoms with E-state index in [2.05, 4.69) is 25.9 Å². The predicted octanol–water partition coefficient (Wildman–Crippen LogP) is 6.33. The van der Waals surface area contributed by atoms with Crippen molar-refractivity contribution in [1.29, 1.82) is 0 Å². The number of aromatic nitrogens is 4. The Bertz CT molecular complexity index is 4280. The van der Waals surface area contributed by atoms with Crippen molar-refractivity contribution in [2.75, 3.05) is 71.8 Å². The van der Waals surface area contributed by atoms with E-state index >= 15 is 0 Å². The van der Waals surface area contributed by atoms with Crippen molar-refractivity contribution in [3.63, 3.8) is 0 Å². The molecule has 8 aromatic rings. The Kier molecular flexibility index (Phi) is 20.4. The van der Waals surface area contributed by atoms with Crippen LogP contribution in [0, 0.1) is 0 Å². The minimum absolute atomic E-state index is 0.0807. The van der Waals surface area contributed by atoms with Crippen LogP contribution in [0.3, 0.4) is 0 Å². The molecule has 0 saturated carbocycles. The van der Waals surface area contributed by atoms with E-state index in [1.165, 1.54) is 35.9 Å². The fourth-order valence-corrected chi connectivity index (χ4v) is 12.1. The van der Waals surface area contributed by atoms with Crippen LogP contribution in [-0.4, -0.2) is 192 Å². The van der Waals surface area contributed by atoms with Crippen molar-refractivity contribution in [3.05, 3.63) is 198 Å². The minimum Gasteiger partial charge on any atom is -0.445 e. The van der Waals surface area contributed by atoms with E-state index in [0.717, 1.165) is 37.0 Å². The van der Waals surface area contributed by atoms with Gasteiger partial charge < -0.3 is 44.5 Å². The summed E-state index contributed by atoms with van der Waals surface area (Å²) in [6, 6.07) is 31.2. The number of carbonyl (C=O) groups is 11. The monoisotopic (exact) mass is 1300 g/mol. The Morgan fingerprint density at radius 1 is 0.542 bits per heavy atom. The van der Waals surface area contributed by atoms with Crippen molar-refractivity contribution < 1.29 is 57.5 Å². The number of ether oxygens (including phenoxy) is 1. The van der Waals surface area contributed by atoms with Crippen molar-refractivity contribution in [3.8, 4) is 11.4 Å². The van der Waals surface area contributed by atoms with Crippen molar-refractivity contribution in [1.82, 2.24) is 59.1 Å². The fourth-order valence-electron chi connectivity index (χ4n) is 12.1. The molecular weight excluding hydrogens is 1230 g/mol. The topological polar surface area (TPSA) is 288 Å². The maximum absolute atomic E-state index is 14.4. The molecule has 0 unspecified atom stereocenters. The third kappa shape index (κ3) is 14.8. The Morgan fingerprint density at radius 3 is 1.69 bits per heavy atom. The van der Waals surface area contributed by atoms with Crippen LogP contribution in [0.15, 0.2) is 165 Å². The SMILES string of the molecule is C[C@H](NC(=O)CCCCCN1C(=O)C=CC1=O)C(=O)N[C@@H](Cc1ccccc1)C(=O)Nc1ccc(COC(=O)N(C)CC(=O)N(CCCN(C)CCN2C(=O)c3cccc4c(-n5ccnc5)ccc(c34)C2=O)CCN2C(=O)c3cccc4c(-n5ccnc5)ccc(c34)C2=O)cc1. The van der Waals surface area contributed by atoms with Crippen LogP contribution in [0.25, 0.3) is 32.9 Å². The lowest BCUT2D eigenvalue weighted by atomic mass is 9.93. The molecule has 3 N–H and O–H groups in total. The summed E-state index contributed by atoms with van der Waals surface area (Å²) in [6.07, 6.45) is 14.0. The van der Waals surface area contributed by atoms with Crippen LogP contribution in [0.1, 0.15) is 91.6 Å². The first-order valence-electron chi connectivity index (χ1n) is 31.6. The zero-order valence-corrected chi connectivity index (χ0v) is 53.2. The van der Waals surface area contributed by atoms with Gasteiger partial charge in [-0.15, -0.1) is 0 Å². The highest BCUT2D eigenvalue weighted by Gasteiger charge is 2.36. The number of likely N-dealkylation sites (N-methyl/N-ethyl adjacent to an activating group) is 2. The summed E-state index contributed by atoms with van der Waals surface area (Å²) in [5.41, 5.74) is 4.70. The van der Waals surface area contributed by atoms with Gasteiger partial charge in [0.1, 0.15) is 25.2 Å².